The van der Waals surface area contributed by atoms with Crippen LogP contribution in [0.3, 0.4) is 0 Å². The summed E-state index contributed by atoms with van der Waals surface area (Å²) in [6.07, 6.45) is 3.92. The number of ether oxygens (including phenoxy) is 1. The van der Waals surface area contributed by atoms with Gasteiger partial charge in [-0.3, -0.25) is 19.9 Å². The second kappa shape index (κ2) is 10.4. The van der Waals surface area contributed by atoms with Crippen molar-refractivity contribution in [3.63, 3.8) is 0 Å². The summed E-state index contributed by atoms with van der Waals surface area (Å²) in [5.41, 5.74) is 7.43. The van der Waals surface area contributed by atoms with Gasteiger partial charge in [0.05, 0.1) is 30.6 Å². The van der Waals surface area contributed by atoms with E-state index in [1.54, 1.807) is 17.6 Å². The van der Waals surface area contributed by atoms with Gasteiger partial charge < -0.3 is 10.1 Å². The zero-order chi connectivity index (χ0) is 22.3. The molecule has 1 aromatic heterocycles. The van der Waals surface area contributed by atoms with Gasteiger partial charge in [-0.15, -0.1) is 0 Å². The number of nitrogens with one attached hydrogen (secondary N) is 2. The van der Waals surface area contributed by atoms with Gasteiger partial charge in [-0.25, -0.2) is 5.48 Å². The number of aromatic nitrogens is 1. The van der Waals surface area contributed by atoms with E-state index in [2.05, 4.69) is 52.5 Å². The number of carbonyl (C=O) groups excluding carboxylic acids is 1. The number of benzene rings is 2. The molecule has 0 spiro atoms. The molecular weight excluding hydrogens is 404 g/mol. The molecule has 0 saturated carbocycles. The van der Waals surface area contributed by atoms with Gasteiger partial charge in [-0.2, -0.15) is 0 Å². The van der Waals surface area contributed by atoms with Crippen LogP contribution in [0.4, 0.5) is 5.69 Å². The number of rotatable bonds is 7. The number of anilines is 1. The third kappa shape index (κ3) is 5.70. The van der Waals surface area contributed by atoms with Crippen LogP contribution in [0, 0.1) is 0 Å². The summed E-state index contributed by atoms with van der Waals surface area (Å²) in [6.45, 7) is 7.21. The molecule has 1 fully saturated rings. The first-order valence-electron chi connectivity index (χ1n) is 10.7. The minimum Gasteiger partial charge on any atom is -0.380 e. The summed E-state index contributed by atoms with van der Waals surface area (Å²) >= 11 is 0. The summed E-state index contributed by atoms with van der Waals surface area (Å²) < 4.78 is 5.44. The first kappa shape index (κ1) is 22.0. The van der Waals surface area contributed by atoms with Gasteiger partial charge in [-0.1, -0.05) is 29.8 Å². The van der Waals surface area contributed by atoms with E-state index in [4.69, 9.17) is 9.94 Å². The molecule has 1 amide bonds. The van der Waals surface area contributed by atoms with Crippen molar-refractivity contribution < 1.29 is 14.7 Å². The molecular formula is C25H28N4O3. The van der Waals surface area contributed by atoms with Crippen LogP contribution in [-0.2, 0) is 11.3 Å². The molecule has 166 valence electrons. The Balaban J connectivity index is 1.39. The summed E-state index contributed by atoms with van der Waals surface area (Å²) in [5, 5.41) is 13.3. The average Bonchev–Trinajstić information content (AvgIpc) is 2.83. The van der Waals surface area contributed by atoms with Crippen molar-refractivity contribution in [3.8, 4) is 0 Å². The highest BCUT2D eigenvalue weighted by Gasteiger charge is 2.11. The largest absolute Gasteiger partial charge is 0.380 e. The lowest BCUT2D eigenvalue weighted by Gasteiger charge is -2.26. The van der Waals surface area contributed by atoms with Crippen molar-refractivity contribution in [3.05, 3.63) is 77.0 Å². The van der Waals surface area contributed by atoms with E-state index >= 15 is 0 Å². The SMILES string of the molecule is C/C(=C\c1ccc(C(=O)NO)cc1)CNc1cnc2ccc(CN3CCOCC3)cc2c1. The number of carbonyl (C=O) groups is 1. The Labute approximate surface area is 187 Å². The predicted molar refractivity (Wildman–Crippen MR) is 126 cm³/mol. The fourth-order valence-corrected chi connectivity index (χ4v) is 3.77. The molecule has 0 unspecified atom stereocenters. The highest BCUT2D eigenvalue weighted by Crippen LogP contribution is 2.20. The van der Waals surface area contributed by atoms with E-state index in [1.807, 2.05) is 18.3 Å². The van der Waals surface area contributed by atoms with Gasteiger partial charge in [0.2, 0.25) is 0 Å². The molecule has 1 aliphatic heterocycles. The lowest BCUT2D eigenvalue weighted by atomic mass is 10.1. The van der Waals surface area contributed by atoms with Gasteiger partial charge in [0.25, 0.3) is 5.91 Å². The van der Waals surface area contributed by atoms with Crippen molar-refractivity contribution in [2.24, 2.45) is 0 Å². The van der Waals surface area contributed by atoms with Crippen LogP contribution in [0.5, 0.6) is 0 Å². The van der Waals surface area contributed by atoms with E-state index in [0.29, 0.717) is 12.1 Å². The second-order valence-electron chi connectivity index (χ2n) is 8.05. The molecule has 0 aliphatic carbocycles. The topological polar surface area (TPSA) is 86.7 Å². The Kier molecular flexibility index (Phi) is 7.11. The predicted octanol–water partition coefficient (Wildman–Crippen LogP) is 3.70. The molecule has 0 bridgehead atoms. The molecule has 7 nitrogen and oxygen atoms in total. The van der Waals surface area contributed by atoms with Crippen LogP contribution in [-0.4, -0.2) is 53.8 Å². The van der Waals surface area contributed by atoms with E-state index in [1.165, 1.54) is 5.56 Å². The Morgan fingerprint density at radius 2 is 1.94 bits per heavy atom. The van der Waals surface area contributed by atoms with Crippen LogP contribution in [0.15, 0.2) is 60.3 Å². The summed E-state index contributed by atoms with van der Waals surface area (Å²) in [4.78, 5) is 18.4. The molecule has 1 aliphatic rings. The molecule has 3 aromatic rings. The maximum atomic E-state index is 11.4. The Morgan fingerprint density at radius 1 is 1.16 bits per heavy atom. The molecule has 32 heavy (non-hydrogen) atoms. The van der Waals surface area contributed by atoms with Crippen molar-refractivity contribution >= 4 is 28.6 Å². The monoisotopic (exact) mass is 432 g/mol. The van der Waals surface area contributed by atoms with Gasteiger partial charge >= 0.3 is 0 Å². The molecule has 2 heterocycles. The molecule has 2 aromatic carbocycles. The second-order valence-corrected chi connectivity index (χ2v) is 8.05. The van der Waals surface area contributed by atoms with E-state index < -0.39 is 5.91 Å². The summed E-state index contributed by atoms with van der Waals surface area (Å²) in [7, 11) is 0. The van der Waals surface area contributed by atoms with E-state index in [9.17, 15) is 4.79 Å². The molecule has 7 heteroatoms. The Bertz CT molecular complexity index is 1110. The standard InChI is InChI=1S/C25H28N4O3/c1-18(12-19-2-5-21(6-3-19)25(30)28-31)15-26-23-14-22-13-20(4-7-24(22)27-16-23)17-29-8-10-32-11-9-29/h2-7,12-14,16,26,31H,8-11,15,17H2,1H3,(H,28,30)/b18-12+. The zero-order valence-corrected chi connectivity index (χ0v) is 18.2. The molecule has 0 radical (unpaired) electrons. The summed E-state index contributed by atoms with van der Waals surface area (Å²) in [6, 6.07) is 15.7. The van der Waals surface area contributed by atoms with E-state index in [-0.39, 0.29) is 0 Å². The third-order valence-corrected chi connectivity index (χ3v) is 5.51. The minimum absolute atomic E-state index is 0.413. The lowest BCUT2D eigenvalue weighted by molar-refractivity contribution is 0.0342. The molecule has 1 saturated heterocycles. The highest BCUT2D eigenvalue weighted by molar-refractivity contribution is 5.93. The smallest absolute Gasteiger partial charge is 0.274 e. The van der Waals surface area contributed by atoms with Crippen LogP contribution in [0.25, 0.3) is 17.0 Å². The number of hydrogen-bond donors (Lipinski definition) is 3. The maximum absolute atomic E-state index is 11.4. The summed E-state index contributed by atoms with van der Waals surface area (Å²) in [5.74, 6) is -0.518. The number of hydroxylamine groups is 1. The quantitative estimate of drug-likeness (QED) is 0.390. The zero-order valence-electron chi connectivity index (χ0n) is 18.2. The van der Waals surface area contributed by atoms with Crippen molar-refractivity contribution in [2.45, 2.75) is 13.5 Å². The van der Waals surface area contributed by atoms with Crippen LogP contribution >= 0.6 is 0 Å². The third-order valence-electron chi connectivity index (χ3n) is 5.51. The Hall–Kier alpha value is -3.26. The maximum Gasteiger partial charge on any atom is 0.274 e. The minimum atomic E-state index is -0.518. The van der Waals surface area contributed by atoms with Crippen molar-refractivity contribution in [1.82, 2.24) is 15.4 Å². The number of amides is 1. The highest BCUT2D eigenvalue weighted by atomic mass is 16.5. The van der Waals surface area contributed by atoms with Crippen LogP contribution < -0.4 is 10.8 Å². The van der Waals surface area contributed by atoms with Gasteiger partial charge in [-0.05, 0) is 48.4 Å². The van der Waals surface area contributed by atoms with Gasteiger partial charge in [0, 0.05) is 37.1 Å². The fourth-order valence-electron chi connectivity index (χ4n) is 3.77. The first-order valence-corrected chi connectivity index (χ1v) is 10.7. The Morgan fingerprint density at radius 3 is 2.69 bits per heavy atom. The number of pyridine rings is 1. The normalized spacial score (nSPS) is 15.0. The molecule has 4 rings (SSSR count). The van der Waals surface area contributed by atoms with E-state index in [0.717, 1.165) is 60.6 Å². The molecule has 3 N–H and O–H groups in total. The van der Waals surface area contributed by atoms with Crippen LogP contribution in [0.1, 0.15) is 28.4 Å². The number of nitrogens with zero attached hydrogens (tertiary/aromatic N) is 2. The van der Waals surface area contributed by atoms with Gasteiger partial charge in [0.1, 0.15) is 0 Å². The molecule has 0 atom stereocenters. The first-order chi connectivity index (χ1) is 15.6. The number of morpholine rings is 1. The lowest BCUT2D eigenvalue weighted by Crippen LogP contribution is -2.35. The average molecular weight is 433 g/mol. The van der Waals surface area contributed by atoms with Gasteiger partial charge in [0.15, 0.2) is 0 Å². The number of hydrogen-bond acceptors (Lipinski definition) is 6. The van der Waals surface area contributed by atoms with Crippen molar-refractivity contribution in [2.75, 3.05) is 38.2 Å². The van der Waals surface area contributed by atoms with Crippen molar-refractivity contribution in [1.29, 1.82) is 0 Å². The van der Waals surface area contributed by atoms with Crippen LogP contribution in [0.2, 0.25) is 0 Å². The number of fused-ring (bicyclic) bond motifs is 1. The fraction of sp³-hybridized carbons (Fsp3) is 0.280.